The summed E-state index contributed by atoms with van der Waals surface area (Å²) >= 11 is 0. The summed E-state index contributed by atoms with van der Waals surface area (Å²) in [5, 5.41) is 3.38. The fourth-order valence-corrected chi connectivity index (χ4v) is 2.89. The molecular weight excluding hydrogens is 240 g/mol. The summed E-state index contributed by atoms with van der Waals surface area (Å²) in [5.41, 5.74) is 1.15. The lowest BCUT2D eigenvalue weighted by molar-refractivity contribution is -0.130. The number of hydrogen-bond donors (Lipinski definition) is 1. The first kappa shape index (κ1) is 12.6. The number of carbonyl (C=O) groups is 1. The monoisotopic (exact) mass is 260 g/mol. The zero-order valence-corrected chi connectivity index (χ0v) is 11.2. The van der Waals surface area contributed by atoms with Crippen molar-refractivity contribution >= 4 is 5.91 Å². The third-order valence-corrected chi connectivity index (χ3v) is 3.97. The normalized spacial score (nSPS) is 31.1. The zero-order chi connectivity index (χ0) is 13.2. The van der Waals surface area contributed by atoms with Crippen molar-refractivity contribution in [3.63, 3.8) is 0 Å². The molecule has 4 heteroatoms. The van der Waals surface area contributed by atoms with Crippen LogP contribution in [0.5, 0.6) is 0 Å². The van der Waals surface area contributed by atoms with Gasteiger partial charge in [-0.3, -0.25) is 10.1 Å². The number of carbonyl (C=O) groups excluding carboxylic acids is 1. The summed E-state index contributed by atoms with van der Waals surface area (Å²) in [6.45, 7) is 4.32. The van der Waals surface area contributed by atoms with E-state index in [-0.39, 0.29) is 18.1 Å². The van der Waals surface area contributed by atoms with Crippen LogP contribution in [0.1, 0.15) is 25.1 Å². The van der Waals surface area contributed by atoms with Crippen LogP contribution in [-0.2, 0) is 9.53 Å². The van der Waals surface area contributed by atoms with Gasteiger partial charge in [-0.25, -0.2) is 0 Å². The van der Waals surface area contributed by atoms with Crippen molar-refractivity contribution in [1.82, 2.24) is 10.2 Å². The fourth-order valence-electron chi connectivity index (χ4n) is 2.89. The summed E-state index contributed by atoms with van der Waals surface area (Å²) in [7, 11) is 0. The molecule has 2 saturated heterocycles. The molecular formula is C15H20N2O2. The number of rotatable bonds is 3. The highest BCUT2D eigenvalue weighted by molar-refractivity contribution is 5.84. The molecule has 2 aliphatic heterocycles. The molecule has 4 nitrogen and oxygen atoms in total. The van der Waals surface area contributed by atoms with Crippen LogP contribution in [0.2, 0.25) is 0 Å². The van der Waals surface area contributed by atoms with Gasteiger partial charge in [-0.05, 0) is 18.9 Å². The molecule has 102 valence electrons. The molecule has 1 aromatic carbocycles. The molecule has 1 N–H and O–H groups in total. The van der Waals surface area contributed by atoms with Crippen LogP contribution in [0.4, 0.5) is 0 Å². The Labute approximate surface area is 113 Å². The maximum absolute atomic E-state index is 12.3. The topological polar surface area (TPSA) is 41.6 Å². The van der Waals surface area contributed by atoms with E-state index in [4.69, 9.17) is 4.74 Å². The van der Waals surface area contributed by atoms with Crippen molar-refractivity contribution in [2.75, 3.05) is 19.8 Å². The zero-order valence-electron chi connectivity index (χ0n) is 11.2. The van der Waals surface area contributed by atoms with E-state index in [0.29, 0.717) is 5.92 Å². The number of nitrogens with zero attached hydrogens (tertiary/aromatic N) is 1. The minimum atomic E-state index is -0.104. The second-order valence-corrected chi connectivity index (χ2v) is 5.42. The Morgan fingerprint density at radius 1 is 1.37 bits per heavy atom. The molecule has 3 atom stereocenters. The maximum atomic E-state index is 12.3. The highest BCUT2D eigenvalue weighted by Gasteiger charge is 2.38. The number of nitrogens with one attached hydrogen (secondary N) is 1. The van der Waals surface area contributed by atoms with Crippen molar-refractivity contribution in [2.45, 2.75) is 25.6 Å². The molecule has 0 radical (unpaired) electrons. The number of hydrogen-bond acceptors (Lipinski definition) is 3. The molecule has 2 fully saturated rings. The maximum Gasteiger partial charge on any atom is 0.241 e. The predicted molar refractivity (Wildman–Crippen MR) is 72.4 cm³/mol. The number of benzene rings is 1. The molecule has 19 heavy (non-hydrogen) atoms. The van der Waals surface area contributed by atoms with Crippen LogP contribution in [0, 0.1) is 5.92 Å². The summed E-state index contributed by atoms with van der Waals surface area (Å²) in [4.78, 5) is 14.3. The Bertz CT molecular complexity index is 443. The van der Waals surface area contributed by atoms with Crippen molar-refractivity contribution in [1.29, 1.82) is 0 Å². The van der Waals surface area contributed by atoms with Gasteiger partial charge in [0.05, 0.1) is 12.6 Å². The molecule has 0 bridgehead atoms. The van der Waals surface area contributed by atoms with E-state index in [9.17, 15) is 4.79 Å². The SMILES string of the molecule is CC1NC(c2ccccc2)N(CC2CCOC2)C1=O. The van der Waals surface area contributed by atoms with Gasteiger partial charge < -0.3 is 9.64 Å². The van der Waals surface area contributed by atoms with Gasteiger partial charge >= 0.3 is 0 Å². The fraction of sp³-hybridized carbons (Fsp3) is 0.533. The minimum absolute atomic E-state index is 0.00398. The van der Waals surface area contributed by atoms with Gasteiger partial charge in [0.15, 0.2) is 0 Å². The van der Waals surface area contributed by atoms with E-state index in [0.717, 1.165) is 31.7 Å². The summed E-state index contributed by atoms with van der Waals surface area (Å²) in [6, 6.07) is 10.1. The van der Waals surface area contributed by atoms with Crippen LogP contribution < -0.4 is 5.32 Å². The van der Waals surface area contributed by atoms with E-state index in [1.807, 2.05) is 30.0 Å². The van der Waals surface area contributed by atoms with Gasteiger partial charge in [0, 0.05) is 19.1 Å². The Morgan fingerprint density at radius 2 is 2.16 bits per heavy atom. The van der Waals surface area contributed by atoms with Crippen LogP contribution in [0.3, 0.4) is 0 Å². The van der Waals surface area contributed by atoms with Crippen LogP contribution in [-0.4, -0.2) is 36.6 Å². The Kier molecular flexibility index (Phi) is 3.53. The standard InChI is InChI=1S/C15H20N2O2/c1-11-15(18)17(9-12-7-8-19-10-12)14(16-11)13-5-3-2-4-6-13/h2-6,11-12,14,16H,7-10H2,1H3. The van der Waals surface area contributed by atoms with Crippen LogP contribution in [0.25, 0.3) is 0 Å². The summed E-state index contributed by atoms with van der Waals surface area (Å²) < 4.78 is 5.41. The van der Waals surface area contributed by atoms with E-state index < -0.39 is 0 Å². The van der Waals surface area contributed by atoms with Crippen LogP contribution in [0.15, 0.2) is 30.3 Å². The van der Waals surface area contributed by atoms with Gasteiger partial charge in [-0.1, -0.05) is 30.3 Å². The van der Waals surface area contributed by atoms with E-state index in [1.54, 1.807) is 0 Å². The van der Waals surface area contributed by atoms with Gasteiger partial charge in [0.25, 0.3) is 0 Å². The average Bonchev–Trinajstić information content (AvgIpc) is 3.04. The summed E-state index contributed by atoms with van der Waals surface area (Å²) in [6.07, 6.45) is 1.06. The molecule has 2 heterocycles. The second-order valence-electron chi connectivity index (χ2n) is 5.42. The largest absolute Gasteiger partial charge is 0.381 e. The molecule has 0 aromatic heterocycles. The number of amides is 1. The second kappa shape index (κ2) is 5.31. The van der Waals surface area contributed by atoms with Gasteiger partial charge in [0.1, 0.15) is 6.17 Å². The van der Waals surface area contributed by atoms with Crippen molar-refractivity contribution in [3.05, 3.63) is 35.9 Å². The lowest BCUT2D eigenvalue weighted by atomic mass is 10.1. The molecule has 2 aliphatic rings. The first-order valence-corrected chi connectivity index (χ1v) is 6.95. The smallest absolute Gasteiger partial charge is 0.241 e. The van der Waals surface area contributed by atoms with Gasteiger partial charge in [0.2, 0.25) is 5.91 Å². The lowest BCUT2D eigenvalue weighted by Gasteiger charge is -2.26. The van der Waals surface area contributed by atoms with Gasteiger partial charge in [-0.15, -0.1) is 0 Å². The Balaban J connectivity index is 1.79. The quantitative estimate of drug-likeness (QED) is 0.896. The van der Waals surface area contributed by atoms with Gasteiger partial charge in [-0.2, -0.15) is 0 Å². The lowest BCUT2D eigenvalue weighted by Crippen LogP contribution is -2.35. The van der Waals surface area contributed by atoms with Crippen molar-refractivity contribution < 1.29 is 9.53 Å². The minimum Gasteiger partial charge on any atom is -0.381 e. The first-order chi connectivity index (χ1) is 9.25. The third-order valence-electron chi connectivity index (χ3n) is 3.97. The Hall–Kier alpha value is -1.39. The van der Waals surface area contributed by atoms with E-state index in [1.165, 1.54) is 0 Å². The summed E-state index contributed by atoms with van der Waals surface area (Å²) in [5.74, 6) is 0.669. The van der Waals surface area contributed by atoms with Crippen molar-refractivity contribution in [2.24, 2.45) is 5.92 Å². The highest BCUT2D eigenvalue weighted by atomic mass is 16.5. The first-order valence-electron chi connectivity index (χ1n) is 6.95. The molecule has 0 spiro atoms. The highest BCUT2D eigenvalue weighted by Crippen LogP contribution is 2.27. The Morgan fingerprint density at radius 3 is 2.84 bits per heavy atom. The van der Waals surface area contributed by atoms with E-state index in [2.05, 4.69) is 17.4 Å². The van der Waals surface area contributed by atoms with Crippen LogP contribution >= 0.6 is 0 Å². The van der Waals surface area contributed by atoms with E-state index >= 15 is 0 Å². The van der Waals surface area contributed by atoms with Crippen molar-refractivity contribution in [3.8, 4) is 0 Å². The number of ether oxygens (including phenoxy) is 1. The average molecular weight is 260 g/mol. The molecule has 0 aliphatic carbocycles. The molecule has 3 rings (SSSR count). The molecule has 1 amide bonds. The molecule has 0 saturated carbocycles. The predicted octanol–water partition coefficient (Wildman–Crippen LogP) is 1.54. The molecule has 1 aromatic rings. The third kappa shape index (κ3) is 2.51. The molecule has 3 unspecified atom stereocenters.